The molecule has 0 bridgehead atoms. The highest BCUT2D eigenvalue weighted by Gasteiger charge is 2.40. The minimum Gasteiger partial charge on any atom is -0.382 e. The number of anilines is 1. The molecular formula is C13H14ClN3O2. The van der Waals surface area contributed by atoms with Crippen molar-refractivity contribution in [3.05, 3.63) is 41.2 Å². The van der Waals surface area contributed by atoms with Gasteiger partial charge in [-0.05, 0) is 18.2 Å². The number of carbonyl (C=O) groups excluding carboxylic acids is 2. The van der Waals surface area contributed by atoms with Gasteiger partial charge in [0.05, 0.1) is 5.69 Å². The molecule has 1 aromatic rings. The zero-order chi connectivity index (χ0) is 14.2. The number of rotatable bonds is 2. The normalized spacial score (nSPS) is 17.6. The number of hydrogen-bond acceptors (Lipinski definition) is 3. The molecule has 0 aliphatic carbocycles. The lowest BCUT2D eigenvalue weighted by Crippen LogP contribution is -2.31. The Morgan fingerprint density at radius 2 is 1.95 bits per heavy atom. The van der Waals surface area contributed by atoms with Crippen molar-refractivity contribution in [2.75, 3.05) is 26.0 Å². The van der Waals surface area contributed by atoms with E-state index in [1.54, 1.807) is 56.5 Å². The number of halogens is 1. The fourth-order valence-electron chi connectivity index (χ4n) is 1.83. The van der Waals surface area contributed by atoms with Crippen LogP contribution in [0.5, 0.6) is 0 Å². The zero-order valence-corrected chi connectivity index (χ0v) is 11.7. The first-order valence-electron chi connectivity index (χ1n) is 5.68. The third-order valence-electron chi connectivity index (χ3n) is 2.71. The predicted molar refractivity (Wildman–Crippen MR) is 73.9 cm³/mol. The number of likely N-dealkylation sites (N-methyl/N-ethyl adjacent to an activating group) is 1. The van der Waals surface area contributed by atoms with Crippen LogP contribution in [0.2, 0.25) is 5.02 Å². The topological polar surface area (TPSA) is 43.9 Å². The average molecular weight is 280 g/mol. The molecule has 0 N–H and O–H groups in total. The van der Waals surface area contributed by atoms with Crippen LogP contribution in [-0.2, 0) is 4.79 Å². The molecule has 100 valence electrons. The fraction of sp³-hybridized carbons (Fsp3) is 0.231. The molecule has 1 heterocycles. The highest BCUT2D eigenvalue weighted by Crippen LogP contribution is 2.28. The second-order valence-electron chi connectivity index (χ2n) is 4.44. The standard InChI is InChI=1S/C13H14ClN3O2/c1-15(2)8-11-12(18)17(13(19)16(11)3)10-6-4-5-9(14)7-10/h4-8H,1-3H3. The summed E-state index contributed by atoms with van der Waals surface area (Å²) in [6, 6.07) is 6.26. The molecule has 0 unspecified atom stereocenters. The van der Waals surface area contributed by atoms with E-state index < -0.39 is 0 Å². The van der Waals surface area contributed by atoms with E-state index in [2.05, 4.69) is 0 Å². The van der Waals surface area contributed by atoms with Crippen molar-refractivity contribution in [3.8, 4) is 0 Å². The van der Waals surface area contributed by atoms with E-state index in [1.807, 2.05) is 0 Å². The number of amides is 3. The SMILES string of the molecule is CN(C)C=C1C(=O)N(c2cccc(Cl)c2)C(=O)N1C. The Balaban J connectivity index is 2.44. The number of urea groups is 1. The lowest BCUT2D eigenvalue weighted by molar-refractivity contribution is -0.114. The van der Waals surface area contributed by atoms with E-state index in [-0.39, 0.29) is 11.9 Å². The Labute approximate surface area is 116 Å². The molecule has 3 amide bonds. The first-order valence-corrected chi connectivity index (χ1v) is 6.05. The fourth-order valence-corrected chi connectivity index (χ4v) is 2.01. The Hall–Kier alpha value is -2.01. The highest BCUT2D eigenvalue weighted by molar-refractivity contribution is 6.32. The average Bonchev–Trinajstić information content (AvgIpc) is 2.53. The number of hydrogen-bond donors (Lipinski definition) is 0. The van der Waals surface area contributed by atoms with Crippen LogP contribution in [0, 0.1) is 0 Å². The highest BCUT2D eigenvalue weighted by atomic mass is 35.5. The molecule has 1 saturated heterocycles. The summed E-state index contributed by atoms with van der Waals surface area (Å²) in [5.74, 6) is -0.358. The van der Waals surface area contributed by atoms with Crippen LogP contribution in [0.3, 0.4) is 0 Å². The molecule has 1 aliphatic heterocycles. The smallest absolute Gasteiger partial charge is 0.336 e. The summed E-state index contributed by atoms with van der Waals surface area (Å²) in [6.45, 7) is 0. The summed E-state index contributed by atoms with van der Waals surface area (Å²) in [5.41, 5.74) is 0.798. The third kappa shape index (κ3) is 2.42. The predicted octanol–water partition coefficient (Wildman–Crippen LogP) is 2.14. The number of carbonyl (C=O) groups is 2. The molecule has 0 spiro atoms. The van der Waals surface area contributed by atoms with Gasteiger partial charge in [-0.15, -0.1) is 0 Å². The van der Waals surface area contributed by atoms with Gasteiger partial charge in [0, 0.05) is 32.4 Å². The van der Waals surface area contributed by atoms with Gasteiger partial charge in [0.15, 0.2) is 0 Å². The summed E-state index contributed by atoms with van der Waals surface area (Å²) < 4.78 is 0. The molecule has 1 aliphatic rings. The number of imide groups is 1. The van der Waals surface area contributed by atoms with Gasteiger partial charge in [0.1, 0.15) is 5.70 Å². The van der Waals surface area contributed by atoms with Crippen LogP contribution < -0.4 is 4.90 Å². The lowest BCUT2D eigenvalue weighted by atomic mass is 10.3. The second-order valence-corrected chi connectivity index (χ2v) is 4.88. The molecule has 2 rings (SSSR count). The van der Waals surface area contributed by atoms with Crippen molar-refractivity contribution in [2.45, 2.75) is 0 Å². The van der Waals surface area contributed by atoms with Gasteiger partial charge < -0.3 is 4.90 Å². The van der Waals surface area contributed by atoms with Crippen LogP contribution in [0.15, 0.2) is 36.2 Å². The van der Waals surface area contributed by atoms with Crippen LogP contribution in [0.25, 0.3) is 0 Å². The second kappa shape index (κ2) is 4.93. The van der Waals surface area contributed by atoms with Gasteiger partial charge in [-0.2, -0.15) is 0 Å². The van der Waals surface area contributed by atoms with E-state index in [0.29, 0.717) is 16.4 Å². The van der Waals surface area contributed by atoms with Gasteiger partial charge in [-0.25, -0.2) is 9.69 Å². The summed E-state index contributed by atoms with van der Waals surface area (Å²) >= 11 is 5.89. The first kappa shape index (κ1) is 13.4. The molecule has 1 fully saturated rings. The number of benzene rings is 1. The van der Waals surface area contributed by atoms with Crippen LogP contribution in [0.4, 0.5) is 10.5 Å². The molecule has 0 aromatic heterocycles. The van der Waals surface area contributed by atoms with Crippen molar-refractivity contribution in [1.82, 2.24) is 9.80 Å². The van der Waals surface area contributed by atoms with E-state index >= 15 is 0 Å². The van der Waals surface area contributed by atoms with E-state index in [1.165, 1.54) is 4.90 Å². The van der Waals surface area contributed by atoms with Gasteiger partial charge in [-0.3, -0.25) is 9.69 Å². The van der Waals surface area contributed by atoms with Crippen molar-refractivity contribution >= 4 is 29.2 Å². The van der Waals surface area contributed by atoms with E-state index in [0.717, 1.165) is 4.90 Å². The molecule has 19 heavy (non-hydrogen) atoms. The first-order chi connectivity index (χ1) is 8.91. The van der Waals surface area contributed by atoms with Crippen LogP contribution in [-0.4, -0.2) is 42.9 Å². The molecule has 0 atom stereocenters. The van der Waals surface area contributed by atoms with Crippen LogP contribution >= 0.6 is 11.6 Å². The maximum absolute atomic E-state index is 12.3. The van der Waals surface area contributed by atoms with Crippen molar-refractivity contribution in [2.24, 2.45) is 0 Å². The summed E-state index contributed by atoms with van der Waals surface area (Å²) in [6.07, 6.45) is 1.62. The number of nitrogens with zero attached hydrogens (tertiary/aromatic N) is 3. The maximum Gasteiger partial charge on any atom is 0.336 e. The van der Waals surface area contributed by atoms with E-state index in [4.69, 9.17) is 11.6 Å². The summed E-state index contributed by atoms with van der Waals surface area (Å²) in [4.78, 5) is 28.6. The Morgan fingerprint density at radius 1 is 1.26 bits per heavy atom. The molecule has 5 nitrogen and oxygen atoms in total. The molecule has 0 saturated carbocycles. The maximum atomic E-state index is 12.3. The minimum atomic E-state index is -0.389. The minimum absolute atomic E-state index is 0.329. The summed E-state index contributed by atoms with van der Waals surface area (Å²) in [5, 5.41) is 0.478. The Bertz CT molecular complexity index is 569. The van der Waals surface area contributed by atoms with E-state index in [9.17, 15) is 9.59 Å². The van der Waals surface area contributed by atoms with Gasteiger partial charge >= 0.3 is 6.03 Å². The molecule has 6 heteroatoms. The molecule has 1 aromatic carbocycles. The zero-order valence-electron chi connectivity index (χ0n) is 10.9. The largest absolute Gasteiger partial charge is 0.382 e. The van der Waals surface area contributed by atoms with Gasteiger partial charge in [-0.1, -0.05) is 17.7 Å². The Kier molecular flexibility index (Phi) is 3.48. The van der Waals surface area contributed by atoms with Crippen molar-refractivity contribution < 1.29 is 9.59 Å². The monoisotopic (exact) mass is 279 g/mol. The molecule has 0 radical (unpaired) electrons. The summed E-state index contributed by atoms with van der Waals surface area (Å²) in [7, 11) is 5.15. The molecular weight excluding hydrogens is 266 g/mol. The quantitative estimate of drug-likeness (QED) is 0.615. The lowest BCUT2D eigenvalue weighted by Gasteiger charge is -2.13. The Morgan fingerprint density at radius 3 is 2.53 bits per heavy atom. The van der Waals surface area contributed by atoms with Gasteiger partial charge in [0.25, 0.3) is 5.91 Å². The van der Waals surface area contributed by atoms with Crippen LogP contribution in [0.1, 0.15) is 0 Å². The van der Waals surface area contributed by atoms with Crippen molar-refractivity contribution in [3.63, 3.8) is 0 Å². The third-order valence-corrected chi connectivity index (χ3v) is 2.94. The van der Waals surface area contributed by atoms with Gasteiger partial charge in [0.2, 0.25) is 0 Å². The van der Waals surface area contributed by atoms with Crippen molar-refractivity contribution in [1.29, 1.82) is 0 Å².